The minimum atomic E-state index is 0.569. The van der Waals surface area contributed by atoms with E-state index in [4.69, 9.17) is 9.47 Å². The van der Waals surface area contributed by atoms with Crippen LogP contribution in [-0.4, -0.2) is 19.8 Å². The van der Waals surface area contributed by atoms with E-state index in [2.05, 4.69) is 6.58 Å². The van der Waals surface area contributed by atoms with Crippen molar-refractivity contribution in [2.75, 3.05) is 19.8 Å². The van der Waals surface area contributed by atoms with Crippen LogP contribution in [0.4, 0.5) is 0 Å². The van der Waals surface area contributed by atoms with Gasteiger partial charge in [0.15, 0.2) is 0 Å². The second-order valence-corrected chi connectivity index (χ2v) is 2.59. The van der Waals surface area contributed by atoms with Gasteiger partial charge in [-0.2, -0.15) is 0 Å². The summed E-state index contributed by atoms with van der Waals surface area (Å²) in [6, 6.07) is 12.0. The lowest BCUT2D eigenvalue weighted by Crippen LogP contribution is -2.14. The molecular formula is C11H14O2. The van der Waals surface area contributed by atoms with E-state index in [1.54, 1.807) is 0 Å². The zero-order valence-corrected chi connectivity index (χ0v) is 7.61. The third-order valence-electron chi connectivity index (χ3n) is 1.46. The van der Waals surface area contributed by atoms with Crippen LogP contribution in [0.3, 0.4) is 0 Å². The van der Waals surface area contributed by atoms with Crippen LogP contribution in [-0.2, 0) is 9.47 Å². The molecule has 2 rings (SSSR count). The third-order valence-corrected chi connectivity index (χ3v) is 1.46. The van der Waals surface area contributed by atoms with Crippen LogP contribution in [0, 0.1) is 0 Å². The topological polar surface area (TPSA) is 18.5 Å². The number of hydrogen-bond acceptors (Lipinski definition) is 2. The van der Waals surface area contributed by atoms with Crippen molar-refractivity contribution in [3.63, 3.8) is 0 Å². The van der Waals surface area contributed by atoms with E-state index in [1.165, 1.54) is 0 Å². The Balaban J connectivity index is 0.000000132. The maximum absolute atomic E-state index is 4.96. The molecule has 1 fully saturated rings. The minimum absolute atomic E-state index is 0.569. The summed E-state index contributed by atoms with van der Waals surface area (Å²) in [5, 5.41) is 0. The Morgan fingerprint density at radius 2 is 1.46 bits per heavy atom. The summed E-state index contributed by atoms with van der Waals surface area (Å²) in [7, 11) is 0. The molecule has 2 heteroatoms. The predicted molar refractivity (Wildman–Crippen MR) is 52.4 cm³/mol. The Morgan fingerprint density at radius 3 is 1.69 bits per heavy atom. The molecule has 0 bridgehead atoms. The van der Waals surface area contributed by atoms with Gasteiger partial charge in [0, 0.05) is 0 Å². The number of rotatable bonds is 0. The molecule has 0 saturated carbocycles. The second-order valence-electron chi connectivity index (χ2n) is 2.59. The molecule has 1 aromatic rings. The van der Waals surface area contributed by atoms with Crippen LogP contribution in [0.1, 0.15) is 0 Å². The predicted octanol–water partition coefficient (Wildman–Crippen LogP) is 2.23. The van der Waals surface area contributed by atoms with E-state index in [1.807, 2.05) is 36.4 Å². The highest BCUT2D eigenvalue weighted by Gasteiger charge is 2.00. The fourth-order valence-electron chi connectivity index (χ4n) is 0.858. The van der Waals surface area contributed by atoms with E-state index >= 15 is 0 Å². The quantitative estimate of drug-likeness (QED) is 0.606. The van der Waals surface area contributed by atoms with E-state index in [0.29, 0.717) is 19.8 Å². The van der Waals surface area contributed by atoms with Gasteiger partial charge in [-0.3, -0.25) is 0 Å². The van der Waals surface area contributed by atoms with Crippen LogP contribution < -0.4 is 0 Å². The molecule has 0 aromatic heterocycles. The number of benzene rings is 1. The first-order valence-corrected chi connectivity index (χ1v) is 4.28. The summed E-state index contributed by atoms with van der Waals surface area (Å²) in [6.45, 7) is 5.51. The van der Waals surface area contributed by atoms with Crippen molar-refractivity contribution in [1.29, 1.82) is 0 Å². The van der Waals surface area contributed by atoms with Crippen LogP contribution in [0.5, 0.6) is 0 Å². The standard InChI is InChI=1S/C6H6.C5H8O2/c1-2-4-6-5-3-1;1-5-4-6-2-3-7-5/h1-6H;1-4H2. The zero-order valence-electron chi connectivity index (χ0n) is 7.61. The first kappa shape index (κ1) is 9.81. The summed E-state index contributed by atoms with van der Waals surface area (Å²) >= 11 is 0. The molecule has 0 aliphatic carbocycles. The fraction of sp³-hybridized carbons (Fsp3) is 0.273. The Kier molecular flexibility index (Phi) is 4.72. The van der Waals surface area contributed by atoms with Crippen molar-refractivity contribution in [2.45, 2.75) is 0 Å². The Labute approximate surface area is 78.8 Å². The van der Waals surface area contributed by atoms with Crippen molar-refractivity contribution >= 4 is 0 Å². The van der Waals surface area contributed by atoms with Gasteiger partial charge >= 0.3 is 0 Å². The van der Waals surface area contributed by atoms with Crippen molar-refractivity contribution in [1.82, 2.24) is 0 Å². The number of hydrogen-bond donors (Lipinski definition) is 0. The largest absolute Gasteiger partial charge is 0.494 e. The maximum Gasteiger partial charge on any atom is 0.115 e. The Hall–Kier alpha value is -1.28. The summed E-state index contributed by atoms with van der Waals surface area (Å²) in [5.41, 5.74) is 0. The van der Waals surface area contributed by atoms with E-state index < -0.39 is 0 Å². The van der Waals surface area contributed by atoms with Gasteiger partial charge in [0.25, 0.3) is 0 Å². The first-order chi connectivity index (χ1) is 6.39. The Morgan fingerprint density at radius 1 is 0.923 bits per heavy atom. The summed E-state index contributed by atoms with van der Waals surface area (Å²) in [4.78, 5) is 0. The van der Waals surface area contributed by atoms with E-state index in [-0.39, 0.29) is 0 Å². The molecule has 1 aliphatic heterocycles. The number of ether oxygens (including phenoxy) is 2. The van der Waals surface area contributed by atoms with E-state index in [9.17, 15) is 0 Å². The van der Waals surface area contributed by atoms with Crippen LogP contribution >= 0.6 is 0 Å². The molecule has 0 atom stereocenters. The molecule has 1 aliphatic rings. The monoisotopic (exact) mass is 178 g/mol. The van der Waals surface area contributed by atoms with Crippen LogP contribution in [0.2, 0.25) is 0 Å². The molecule has 1 aromatic carbocycles. The van der Waals surface area contributed by atoms with Crippen molar-refractivity contribution in [3.8, 4) is 0 Å². The normalized spacial score (nSPS) is 15.2. The zero-order chi connectivity index (χ0) is 9.36. The minimum Gasteiger partial charge on any atom is -0.494 e. The van der Waals surface area contributed by atoms with Gasteiger partial charge < -0.3 is 9.47 Å². The van der Waals surface area contributed by atoms with Crippen molar-refractivity contribution in [2.24, 2.45) is 0 Å². The molecule has 13 heavy (non-hydrogen) atoms. The molecule has 0 N–H and O–H groups in total. The smallest absolute Gasteiger partial charge is 0.115 e. The van der Waals surface area contributed by atoms with Crippen molar-refractivity contribution < 1.29 is 9.47 Å². The molecular weight excluding hydrogens is 164 g/mol. The average molecular weight is 178 g/mol. The molecule has 0 spiro atoms. The van der Waals surface area contributed by atoms with Gasteiger partial charge in [0.2, 0.25) is 0 Å². The van der Waals surface area contributed by atoms with Gasteiger partial charge in [-0.25, -0.2) is 0 Å². The lowest BCUT2D eigenvalue weighted by molar-refractivity contribution is 0.0143. The molecule has 0 amide bonds. The lowest BCUT2D eigenvalue weighted by Gasteiger charge is -2.14. The second kappa shape index (κ2) is 6.26. The van der Waals surface area contributed by atoms with Crippen LogP contribution in [0.25, 0.3) is 0 Å². The molecule has 0 unspecified atom stereocenters. The molecule has 70 valence electrons. The summed E-state index contributed by atoms with van der Waals surface area (Å²) < 4.78 is 9.92. The van der Waals surface area contributed by atoms with Gasteiger partial charge in [-0.1, -0.05) is 43.0 Å². The summed E-state index contributed by atoms with van der Waals surface area (Å²) in [5.74, 6) is 0.742. The summed E-state index contributed by atoms with van der Waals surface area (Å²) in [6.07, 6.45) is 0. The highest BCUT2D eigenvalue weighted by Crippen LogP contribution is 1.99. The third kappa shape index (κ3) is 5.04. The average Bonchev–Trinajstić information content (AvgIpc) is 2.22. The molecule has 2 nitrogen and oxygen atoms in total. The van der Waals surface area contributed by atoms with Gasteiger partial charge in [-0.15, -0.1) is 0 Å². The fourth-order valence-corrected chi connectivity index (χ4v) is 0.858. The van der Waals surface area contributed by atoms with Gasteiger partial charge in [0.1, 0.15) is 19.0 Å². The highest BCUT2D eigenvalue weighted by molar-refractivity contribution is 4.99. The van der Waals surface area contributed by atoms with Gasteiger partial charge in [-0.05, 0) is 0 Å². The first-order valence-electron chi connectivity index (χ1n) is 4.28. The van der Waals surface area contributed by atoms with E-state index in [0.717, 1.165) is 5.76 Å². The van der Waals surface area contributed by atoms with Crippen molar-refractivity contribution in [3.05, 3.63) is 48.7 Å². The SMILES string of the molecule is C=C1COCCO1.c1ccccc1. The molecule has 1 saturated heterocycles. The maximum atomic E-state index is 4.96. The molecule has 0 radical (unpaired) electrons. The van der Waals surface area contributed by atoms with Gasteiger partial charge in [0.05, 0.1) is 6.61 Å². The van der Waals surface area contributed by atoms with Crippen LogP contribution in [0.15, 0.2) is 48.7 Å². The lowest BCUT2D eigenvalue weighted by atomic mass is 10.4. The molecule has 1 heterocycles. The Bertz CT molecular complexity index is 196. The highest BCUT2D eigenvalue weighted by atomic mass is 16.6.